The molecule has 8 heteroatoms. The van der Waals surface area contributed by atoms with Crippen LogP contribution in [0.4, 0.5) is 5.95 Å². The van der Waals surface area contributed by atoms with Gasteiger partial charge in [-0.05, 0) is 42.0 Å². The van der Waals surface area contributed by atoms with Crippen molar-refractivity contribution in [2.45, 2.75) is 19.9 Å². The van der Waals surface area contributed by atoms with Crippen LogP contribution in [0.3, 0.4) is 0 Å². The number of carbonyl (C=O) groups is 1. The number of allylic oxidation sites excluding steroid dienone is 1. The Labute approximate surface area is 126 Å². The second-order valence-corrected chi connectivity index (χ2v) is 4.83. The maximum Gasteiger partial charge on any atom is 0.338 e. The van der Waals surface area contributed by atoms with Crippen molar-refractivity contribution in [1.29, 1.82) is 0 Å². The molecule has 0 amide bonds. The van der Waals surface area contributed by atoms with Crippen molar-refractivity contribution in [2.75, 3.05) is 11.9 Å². The zero-order valence-corrected chi connectivity index (χ0v) is 12.1. The first-order valence-electron chi connectivity index (χ1n) is 6.83. The van der Waals surface area contributed by atoms with Gasteiger partial charge in [0.1, 0.15) is 11.8 Å². The van der Waals surface area contributed by atoms with Gasteiger partial charge in [-0.25, -0.2) is 4.79 Å². The average molecular weight is 301 g/mol. The van der Waals surface area contributed by atoms with E-state index >= 15 is 0 Å². The van der Waals surface area contributed by atoms with E-state index in [9.17, 15) is 9.90 Å². The second-order valence-electron chi connectivity index (χ2n) is 4.83. The number of ether oxygens (including phenoxy) is 1. The molecule has 22 heavy (non-hydrogen) atoms. The molecule has 0 fully saturated rings. The molecular weight excluding hydrogens is 286 g/mol. The lowest BCUT2D eigenvalue weighted by Gasteiger charge is -2.27. The number of nitrogens with zero attached hydrogens (tertiary/aromatic N) is 4. The Morgan fingerprint density at radius 2 is 2.14 bits per heavy atom. The van der Waals surface area contributed by atoms with Crippen molar-refractivity contribution in [1.82, 2.24) is 20.2 Å². The summed E-state index contributed by atoms with van der Waals surface area (Å²) in [6.07, 6.45) is 0. The van der Waals surface area contributed by atoms with E-state index in [1.165, 1.54) is 4.68 Å². The number of anilines is 1. The van der Waals surface area contributed by atoms with Gasteiger partial charge in [-0.2, -0.15) is 4.68 Å². The first kappa shape index (κ1) is 14.1. The fourth-order valence-electron chi connectivity index (χ4n) is 2.45. The first-order valence-corrected chi connectivity index (χ1v) is 6.83. The zero-order chi connectivity index (χ0) is 15.7. The van der Waals surface area contributed by atoms with Gasteiger partial charge >= 0.3 is 5.97 Å². The molecular formula is C14H15N5O3. The summed E-state index contributed by atoms with van der Waals surface area (Å²) in [4.78, 5) is 12.3. The standard InChI is InChI=1S/C14H15N5O3/c1-3-22-13(21)11-8(2)15-14-16-17-18-19(14)12(11)9-4-6-10(20)7-5-9/h4-7,12,20H,3H2,1-2H3,(H,15,16,18). The van der Waals surface area contributed by atoms with Gasteiger partial charge in [0.25, 0.3) is 0 Å². The Morgan fingerprint density at radius 3 is 2.82 bits per heavy atom. The van der Waals surface area contributed by atoms with E-state index in [4.69, 9.17) is 4.74 Å². The second kappa shape index (κ2) is 5.47. The predicted octanol–water partition coefficient (Wildman–Crippen LogP) is 1.23. The Balaban J connectivity index is 2.13. The van der Waals surface area contributed by atoms with Crippen LogP contribution in [-0.2, 0) is 9.53 Å². The molecule has 0 radical (unpaired) electrons. The Hall–Kier alpha value is -2.90. The number of aromatic nitrogens is 4. The molecule has 2 N–H and O–H groups in total. The molecule has 114 valence electrons. The lowest BCUT2D eigenvalue weighted by Crippen LogP contribution is -2.29. The number of nitrogens with one attached hydrogen (secondary N) is 1. The van der Waals surface area contributed by atoms with E-state index in [2.05, 4.69) is 20.8 Å². The van der Waals surface area contributed by atoms with Crippen molar-refractivity contribution in [3.63, 3.8) is 0 Å². The van der Waals surface area contributed by atoms with Crippen LogP contribution in [0.25, 0.3) is 0 Å². The van der Waals surface area contributed by atoms with Gasteiger partial charge in [0.05, 0.1) is 12.2 Å². The number of esters is 1. The number of rotatable bonds is 3. The van der Waals surface area contributed by atoms with Gasteiger partial charge in [0, 0.05) is 5.70 Å². The monoisotopic (exact) mass is 301 g/mol. The van der Waals surface area contributed by atoms with Crippen LogP contribution >= 0.6 is 0 Å². The van der Waals surface area contributed by atoms with Crippen LogP contribution in [0, 0.1) is 0 Å². The number of hydrogen-bond acceptors (Lipinski definition) is 7. The van der Waals surface area contributed by atoms with Gasteiger partial charge in [-0.15, -0.1) is 0 Å². The summed E-state index contributed by atoms with van der Waals surface area (Å²) in [5.74, 6) is 0.170. The molecule has 1 unspecified atom stereocenters. The van der Waals surface area contributed by atoms with Gasteiger partial charge in [0.2, 0.25) is 5.95 Å². The molecule has 0 spiro atoms. The molecule has 3 rings (SSSR count). The number of tetrazole rings is 1. The fraction of sp³-hybridized carbons (Fsp3) is 0.286. The van der Waals surface area contributed by atoms with Crippen LogP contribution in [0.2, 0.25) is 0 Å². The molecule has 2 aromatic rings. The first-order chi connectivity index (χ1) is 10.6. The summed E-state index contributed by atoms with van der Waals surface area (Å²) in [5, 5.41) is 23.9. The average Bonchev–Trinajstić information content (AvgIpc) is 2.94. The van der Waals surface area contributed by atoms with Crippen LogP contribution in [0.1, 0.15) is 25.5 Å². The molecule has 0 aliphatic carbocycles. The summed E-state index contributed by atoms with van der Waals surface area (Å²) in [5.41, 5.74) is 1.85. The molecule has 1 atom stereocenters. The quantitative estimate of drug-likeness (QED) is 0.822. The summed E-state index contributed by atoms with van der Waals surface area (Å²) < 4.78 is 6.67. The number of hydrogen-bond donors (Lipinski definition) is 2. The van der Waals surface area contributed by atoms with E-state index in [1.807, 2.05) is 0 Å². The van der Waals surface area contributed by atoms with E-state index < -0.39 is 12.0 Å². The molecule has 0 saturated heterocycles. The number of benzene rings is 1. The summed E-state index contributed by atoms with van der Waals surface area (Å²) in [6, 6.07) is 6.05. The fourth-order valence-corrected chi connectivity index (χ4v) is 2.45. The maximum absolute atomic E-state index is 12.3. The third-order valence-corrected chi connectivity index (χ3v) is 3.42. The molecule has 1 aliphatic heterocycles. The summed E-state index contributed by atoms with van der Waals surface area (Å²) >= 11 is 0. The Morgan fingerprint density at radius 1 is 1.41 bits per heavy atom. The lowest BCUT2D eigenvalue weighted by atomic mass is 9.96. The normalized spacial score (nSPS) is 16.9. The third kappa shape index (κ3) is 2.28. The topological polar surface area (TPSA) is 102 Å². The summed E-state index contributed by atoms with van der Waals surface area (Å²) in [6.45, 7) is 3.81. The number of phenols is 1. The molecule has 0 saturated carbocycles. The lowest BCUT2D eigenvalue weighted by molar-refractivity contribution is -0.139. The Bertz CT molecular complexity index is 735. The minimum atomic E-state index is -0.508. The highest BCUT2D eigenvalue weighted by molar-refractivity contribution is 5.92. The van der Waals surface area contributed by atoms with E-state index in [0.717, 1.165) is 5.56 Å². The number of phenolic OH excluding ortho intramolecular Hbond substituents is 1. The highest BCUT2D eigenvalue weighted by Crippen LogP contribution is 2.35. The van der Waals surface area contributed by atoms with E-state index in [0.29, 0.717) is 17.2 Å². The highest BCUT2D eigenvalue weighted by Gasteiger charge is 2.34. The molecule has 1 aromatic heterocycles. The number of aromatic hydroxyl groups is 1. The van der Waals surface area contributed by atoms with Gasteiger partial charge in [0.15, 0.2) is 0 Å². The SMILES string of the molecule is CCOC(=O)C1=C(C)Nc2nnnn2C1c1ccc(O)cc1. The van der Waals surface area contributed by atoms with E-state index in [1.54, 1.807) is 38.1 Å². The smallest absolute Gasteiger partial charge is 0.338 e. The van der Waals surface area contributed by atoms with Crippen LogP contribution in [0.5, 0.6) is 5.75 Å². The van der Waals surface area contributed by atoms with Crippen molar-refractivity contribution in [2.24, 2.45) is 0 Å². The van der Waals surface area contributed by atoms with Crippen molar-refractivity contribution in [3.8, 4) is 5.75 Å². The predicted molar refractivity (Wildman–Crippen MR) is 77.0 cm³/mol. The van der Waals surface area contributed by atoms with Crippen molar-refractivity contribution < 1.29 is 14.6 Å². The molecule has 2 heterocycles. The largest absolute Gasteiger partial charge is 0.508 e. The molecule has 1 aromatic carbocycles. The van der Waals surface area contributed by atoms with Crippen molar-refractivity contribution >= 4 is 11.9 Å². The molecule has 8 nitrogen and oxygen atoms in total. The minimum absolute atomic E-state index is 0.146. The van der Waals surface area contributed by atoms with Crippen molar-refractivity contribution in [3.05, 3.63) is 41.1 Å². The maximum atomic E-state index is 12.3. The third-order valence-electron chi connectivity index (χ3n) is 3.42. The Kier molecular flexibility index (Phi) is 3.50. The number of fused-ring (bicyclic) bond motifs is 1. The van der Waals surface area contributed by atoms with Crippen LogP contribution in [-0.4, -0.2) is 37.9 Å². The summed E-state index contributed by atoms with van der Waals surface area (Å²) in [7, 11) is 0. The van der Waals surface area contributed by atoms with Crippen LogP contribution in [0.15, 0.2) is 35.5 Å². The zero-order valence-electron chi connectivity index (χ0n) is 12.1. The number of carbonyl (C=O) groups excluding carboxylic acids is 1. The van der Waals surface area contributed by atoms with Crippen LogP contribution < -0.4 is 5.32 Å². The molecule has 1 aliphatic rings. The molecule has 0 bridgehead atoms. The van der Waals surface area contributed by atoms with E-state index in [-0.39, 0.29) is 12.4 Å². The van der Waals surface area contributed by atoms with Gasteiger partial charge in [-0.1, -0.05) is 17.2 Å². The highest BCUT2D eigenvalue weighted by atomic mass is 16.5. The minimum Gasteiger partial charge on any atom is -0.508 e. The van der Waals surface area contributed by atoms with Gasteiger partial charge < -0.3 is 15.2 Å². The van der Waals surface area contributed by atoms with Gasteiger partial charge in [-0.3, -0.25) is 0 Å².